The fourth-order valence-corrected chi connectivity index (χ4v) is 4.12. The van der Waals surface area contributed by atoms with Gasteiger partial charge in [0.05, 0.1) is 6.54 Å². The van der Waals surface area contributed by atoms with Crippen molar-refractivity contribution in [1.82, 2.24) is 14.9 Å². The number of carbonyl (C=O) groups is 2. The first-order chi connectivity index (χ1) is 15.2. The van der Waals surface area contributed by atoms with Crippen LogP contribution in [0.4, 0.5) is 22.1 Å². The van der Waals surface area contributed by atoms with E-state index in [0.717, 1.165) is 17.5 Å². The van der Waals surface area contributed by atoms with Gasteiger partial charge in [0.1, 0.15) is 11.4 Å². The topological polar surface area (TPSA) is 119 Å². The standard InChI is InChI=1S/C22H32N6O3S/c1-6-12-26(4)22(30)27(5)18-19(23)24-21(32(31)13-7-2)25-20(18)28(15-29)14-17-10-8-16(3)9-11-17/h8-11,15H,6-7,12-14H2,1-5H3,(H2,23,24,25)/t32-/m0/s1. The molecule has 2 N–H and O–H groups in total. The Morgan fingerprint density at radius 3 is 2.38 bits per heavy atom. The van der Waals surface area contributed by atoms with Crippen molar-refractivity contribution in [2.24, 2.45) is 0 Å². The van der Waals surface area contributed by atoms with Gasteiger partial charge in [-0.05, 0) is 25.3 Å². The average Bonchev–Trinajstić information content (AvgIpc) is 2.77. The van der Waals surface area contributed by atoms with E-state index in [4.69, 9.17) is 5.73 Å². The lowest BCUT2D eigenvalue weighted by Gasteiger charge is -2.29. The Morgan fingerprint density at radius 2 is 1.81 bits per heavy atom. The molecule has 0 aliphatic carbocycles. The summed E-state index contributed by atoms with van der Waals surface area (Å²) in [5.74, 6) is 0.505. The van der Waals surface area contributed by atoms with Crippen molar-refractivity contribution in [2.75, 3.05) is 41.9 Å². The average molecular weight is 461 g/mol. The van der Waals surface area contributed by atoms with Crippen LogP contribution >= 0.6 is 0 Å². The van der Waals surface area contributed by atoms with E-state index in [9.17, 15) is 14.1 Å². The summed E-state index contributed by atoms with van der Waals surface area (Å²) in [6, 6.07) is 7.41. The van der Waals surface area contributed by atoms with Crippen molar-refractivity contribution in [3.05, 3.63) is 35.4 Å². The number of rotatable bonds is 10. The molecular weight excluding hydrogens is 428 g/mol. The zero-order valence-corrected chi connectivity index (χ0v) is 20.2. The lowest BCUT2D eigenvalue weighted by Crippen LogP contribution is -2.40. The molecule has 0 unspecified atom stereocenters. The molecule has 1 aromatic carbocycles. The summed E-state index contributed by atoms with van der Waals surface area (Å²) < 4.78 is 12.6. The second-order valence-corrected chi connectivity index (χ2v) is 9.06. The highest BCUT2D eigenvalue weighted by Gasteiger charge is 2.29. The van der Waals surface area contributed by atoms with Gasteiger partial charge in [0, 0.05) is 31.8 Å². The van der Waals surface area contributed by atoms with Crippen LogP contribution in [0.25, 0.3) is 0 Å². The number of nitrogens with zero attached hydrogens (tertiary/aromatic N) is 5. The molecule has 9 nitrogen and oxygen atoms in total. The van der Waals surface area contributed by atoms with Crippen LogP contribution in [-0.2, 0) is 22.5 Å². The summed E-state index contributed by atoms with van der Waals surface area (Å²) >= 11 is -1.47. The third-order valence-electron chi connectivity index (χ3n) is 4.85. The van der Waals surface area contributed by atoms with E-state index in [-0.39, 0.29) is 35.1 Å². The van der Waals surface area contributed by atoms with Crippen molar-refractivity contribution in [3.63, 3.8) is 0 Å². The quantitative estimate of drug-likeness (QED) is 0.331. The van der Waals surface area contributed by atoms with E-state index in [1.54, 1.807) is 19.0 Å². The third-order valence-corrected chi connectivity index (χ3v) is 6.21. The Morgan fingerprint density at radius 1 is 1.16 bits per heavy atom. The molecule has 0 saturated heterocycles. The molecule has 0 fully saturated rings. The predicted octanol–water partition coefficient (Wildman–Crippen LogP) is 2.95. The van der Waals surface area contributed by atoms with E-state index in [1.807, 2.05) is 45.0 Å². The van der Waals surface area contributed by atoms with Crippen molar-refractivity contribution in [1.29, 1.82) is 0 Å². The first kappa shape index (κ1) is 25.4. The number of hydrogen-bond donors (Lipinski definition) is 1. The molecule has 2 aromatic rings. The molecule has 0 aliphatic rings. The maximum absolute atomic E-state index is 12.9. The van der Waals surface area contributed by atoms with Gasteiger partial charge in [-0.25, -0.2) is 4.79 Å². The number of benzene rings is 1. The number of nitrogen functional groups attached to an aromatic ring is 1. The molecule has 1 aromatic heterocycles. The minimum atomic E-state index is -1.47. The first-order valence-electron chi connectivity index (χ1n) is 10.6. The Kier molecular flexibility index (Phi) is 9.27. The monoisotopic (exact) mass is 460 g/mol. The van der Waals surface area contributed by atoms with Gasteiger partial charge in [-0.15, -0.1) is 0 Å². The Bertz CT molecular complexity index is 925. The fourth-order valence-electron chi connectivity index (χ4n) is 3.17. The number of nitrogens with two attached hydrogens (primary N) is 1. The normalized spacial score (nSPS) is 11.7. The minimum Gasteiger partial charge on any atom is -0.609 e. The van der Waals surface area contributed by atoms with Crippen molar-refractivity contribution < 1.29 is 14.1 Å². The fraction of sp³-hybridized carbons (Fsp3) is 0.455. The molecule has 0 aliphatic heterocycles. The molecule has 0 bridgehead atoms. The SMILES string of the molecule is CCCN(C)C(=O)N(C)c1c(N)nc([S@@+]([O-])CCC)nc1N(C=O)Cc1ccc(C)cc1. The van der Waals surface area contributed by atoms with Crippen molar-refractivity contribution in [3.8, 4) is 0 Å². The zero-order valence-electron chi connectivity index (χ0n) is 19.4. The Hall–Kier alpha value is -2.85. The summed E-state index contributed by atoms with van der Waals surface area (Å²) in [5, 5.41) is 0.0432. The number of aromatic nitrogens is 2. The molecule has 3 amide bonds. The van der Waals surface area contributed by atoms with Gasteiger partial charge in [-0.2, -0.15) is 9.97 Å². The van der Waals surface area contributed by atoms with Crippen LogP contribution in [0.3, 0.4) is 0 Å². The number of aryl methyl sites for hydroxylation is 1. The van der Waals surface area contributed by atoms with Crippen LogP contribution in [-0.4, -0.2) is 58.3 Å². The lowest BCUT2D eigenvalue weighted by molar-refractivity contribution is -0.107. The van der Waals surface area contributed by atoms with Gasteiger partial charge in [-0.1, -0.05) is 43.7 Å². The second kappa shape index (κ2) is 11.7. The first-order valence-corrected chi connectivity index (χ1v) is 11.9. The van der Waals surface area contributed by atoms with Crippen molar-refractivity contribution >= 4 is 40.9 Å². The van der Waals surface area contributed by atoms with Crippen LogP contribution in [0.15, 0.2) is 29.4 Å². The number of carbonyl (C=O) groups excluding carboxylic acids is 2. The Balaban J connectivity index is 2.56. The number of hydrogen-bond acceptors (Lipinski definition) is 6. The minimum absolute atomic E-state index is 0.00837. The molecule has 10 heteroatoms. The highest BCUT2D eigenvalue weighted by atomic mass is 32.2. The zero-order chi connectivity index (χ0) is 23.8. The third kappa shape index (κ3) is 6.10. The number of anilines is 3. The van der Waals surface area contributed by atoms with E-state index >= 15 is 0 Å². The molecule has 0 saturated carbocycles. The molecular formula is C22H32N6O3S. The maximum atomic E-state index is 12.9. The summed E-state index contributed by atoms with van der Waals surface area (Å²) in [4.78, 5) is 37.9. The second-order valence-electron chi connectivity index (χ2n) is 7.60. The van der Waals surface area contributed by atoms with Crippen LogP contribution in [0, 0.1) is 6.92 Å². The van der Waals surface area contributed by atoms with Crippen LogP contribution in [0.2, 0.25) is 0 Å². The summed E-state index contributed by atoms with van der Waals surface area (Å²) in [6.07, 6.45) is 2.09. The summed E-state index contributed by atoms with van der Waals surface area (Å²) in [6.45, 7) is 6.62. The molecule has 0 spiro atoms. The van der Waals surface area contributed by atoms with E-state index < -0.39 is 11.2 Å². The number of urea groups is 1. The highest BCUT2D eigenvalue weighted by Crippen LogP contribution is 2.34. The lowest BCUT2D eigenvalue weighted by atomic mass is 10.1. The molecule has 1 atom stereocenters. The molecule has 32 heavy (non-hydrogen) atoms. The summed E-state index contributed by atoms with van der Waals surface area (Å²) in [5.41, 5.74) is 8.41. The van der Waals surface area contributed by atoms with Gasteiger partial charge < -0.3 is 15.2 Å². The maximum Gasteiger partial charge on any atom is 0.346 e. The Labute approximate surface area is 192 Å². The summed E-state index contributed by atoms with van der Waals surface area (Å²) in [7, 11) is 3.25. The van der Waals surface area contributed by atoms with Gasteiger partial charge in [0.15, 0.2) is 11.6 Å². The highest BCUT2D eigenvalue weighted by molar-refractivity contribution is 7.91. The van der Waals surface area contributed by atoms with Crippen molar-refractivity contribution in [2.45, 2.75) is 45.3 Å². The van der Waals surface area contributed by atoms with Crippen LogP contribution in [0.1, 0.15) is 37.8 Å². The van der Waals surface area contributed by atoms with Crippen LogP contribution < -0.4 is 15.5 Å². The van der Waals surface area contributed by atoms with E-state index in [1.165, 1.54) is 9.80 Å². The number of amides is 3. The van der Waals surface area contributed by atoms with E-state index in [2.05, 4.69) is 9.97 Å². The van der Waals surface area contributed by atoms with E-state index in [0.29, 0.717) is 25.1 Å². The van der Waals surface area contributed by atoms with Crippen LogP contribution in [0.5, 0.6) is 0 Å². The smallest absolute Gasteiger partial charge is 0.346 e. The van der Waals surface area contributed by atoms with Gasteiger partial charge in [-0.3, -0.25) is 14.6 Å². The molecule has 174 valence electrons. The van der Waals surface area contributed by atoms with Gasteiger partial charge >= 0.3 is 11.2 Å². The molecule has 0 radical (unpaired) electrons. The molecule has 2 rings (SSSR count). The molecule has 1 heterocycles. The predicted molar refractivity (Wildman–Crippen MR) is 128 cm³/mol. The largest absolute Gasteiger partial charge is 0.609 e. The van der Waals surface area contributed by atoms with Gasteiger partial charge in [0.25, 0.3) is 0 Å². The van der Waals surface area contributed by atoms with Gasteiger partial charge in [0.2, 0.25) is 6.41 Å².